The number of rotatable bonds is 7. The van der Waals surface area contributed by atoms with Crippen LogP contribution in [0.4, 0.5) is 5.69 Å². The molecule has 1 unspecified atom stereocenters. The van der Waals surface area contributed by atoms with E-state index in [1.807, 2.05) is 0 Å². The molecule has 3 N–H and O–H groups in total. The average molecular weight is 401 g/mol. The van der Waals surface area contributed by atoms with Crippen molar-refractivity contribution >= 4 is 29.9 Å². The molecule has 1 aromatic rings. The van der Waals surface area contributed by atoms with Gasteiger partial charge < -0.3 is 20.7 Å². The molecule has 1 aliphatic heterocycles. The van der Waals surface area contributed by atoms with E-state index in [9.17, 15) is 19.7 Å². The molecule has 0 radical (unpaired) electrons. The molecule has 10 heteroatoms. The molecule has 2 amide bonds. The van der Waals surface area contributed by atoms with Crippen molar-refractivity contribution in [2.45, 2.75) is 31.7 Å². The topological polar surface area (TPSA) is 128 Å². The maximum Gasteiger partial charge on any atom is 0.311 e. The zero-order valence-corrected chi connectivity index (χ0v) is 16.0. The van der Waals surface area contributed by atoms with Crippen LogP contribution in [0.2, 0.25) is 0 Å². The fourth-order valence-corrected chi connectivity index (χ4v) is 3.06. The third-order valence-electron chi connectivity index (χ3n) is 4.42. The van der Waals surface area contributed by atoms with Gasteiger partial charge in [-0.25, -0.2) is 0 Å². The number of methoxy groups -OCH3 is 1. The van der Waals surface area contributed by atoms with Gasteiger partial charge in [-0.2, -0.15) is 0 Å². The number of hydrogen-bond acceptors (Lipinski definition) is 6. The molecule has 9 nitrogen and oxygen atoms in total. The van der Waals surface area contributed by atoms with Crippen molar-refractivity contribution in [1.82, 2.24) is 10.2 Å². The number of halogens is 1. The lowest BCUT2D eigenvalue weighted by atomic mass is 10.0. The number of hydrogen-bond donors (Lipinski definition) is 2. The van der Waals surface area contributed by atoms with Gasteiger partial charge in [0, 0.05) is 43.7 Å². The van der Waals surface area contributed by atoms with Crippen LogP contribution in [0.1, 0.15) is 36.0 Å². The summed E-state index contributed by atoms with van der Waals surface area (Å²) >= 11 is 0. The maximum atomic E-state index is 12.9. The van der Waals surface area contributed by atoms with Gasteiger partial charge in [0.05, 0.1) is 12.0 Å². The molecule has 1 saturated heterocycles. The Morgan fingerprint density at radius 1 is 1.41 bits per heavy atom. The van der Waals surface area contributed by atoms with E-state index in [-0.39, 0.29) is 60.2 Å². The van der Waals surface area contributed by atoms with E-state index in [0.717, 1.165) is 19.3 Å². The Morgan fingerprint density at radius 3 is 2.78 bits per heavy atom. The molecular weight excluding hydrogens is 376 g/mol. The molecule has 2 rings (SSSR count). The summed E-state index contributed by atoms with van der Waals surface area (Å²) in [5.41, 5.74) is 5.35. The summed E-state index contributed by atoms with van der Waals surface area (Å²) in [6.45, 7) is 1.17. The van der Waals surface area contributed by atoms with E-state index in [4.69, 9.17) is 10.5 Å². The SMILES string of the molecule is COc1ccc(C(=O)N2CCCCC2CNC(=O)CCN)cc1[N+](=O)[O-].Cl. The minimum atomic E-state index is -0.573. The van der Waals surface area contributed by atoms with Gasteiger partial charge in [0.15, 0.2) is 5.75 Å². The normalized spacial score (nSPS) is 16.2. The number of amides is 2. The number of ether oxygens (including phenoxy) is 1. The Kier molecular flexibility index (Phi) is 8.96. The molecule has 1 aromatic carbocycles. The third kappa shape index (κ3) is 5.80. The molecule has 27 heavy (non-hydrogen) atoms. The van der Waals surface area contributed by atoms with Crippen LogP contribution in [-0.4, -0.2) is 54.4 Å². The van der Waals surface area contributed by atoms with Crippen molar-refractivity contribution in [3.05, 3.63) is 33.9 Å². The van der Waals surface area contributed by atoms with E-state index in [1.54, 1.807) is 4.90 Å². The quantitative estimate of drug-likeness (QED) is 0.527. The molecule has 1 atom stereocenters. The van der Waals surface area contributed by atoms with Crippen LogP contribution < -0.4 is 15.8 Å². The first kappa shape index (κ1) is 22.7. The average Bonchev–Trinajstić information content (AvgIpc) is 2.65. The first-order valence-electron chi connectivity index (χ1n) is 8.58. The fourth-order valence-electron chi connectivity index (χ4n) is 3.06. The zero-order valence-electron chi connectivity index (χ0n) is 15.2. The van der Waals surface area contributed by atoms with Gasteiger partial charge in [-0.1, -0.05) is 0 Å². The van der Waals surface area contributed by atoms with E-state index in [1.165, 1.54) is 25.3 Å². The summed E-state index contributed by atoms with van der Waals surface area (Å²) in [6.07, 6.45) is 2.83. The van der Waals surface area contributed by atoms with Crippen LogP contribution >= 0.6 is 12.4 Å². The van der Waals surface area contributed by atoms with Crippen molar-refractivity contribution in [2.75, 3.05) is 26.7 Å². The number of nitro groups is 1. The molecule has 0 aromatic heterocycles. The second-order valence-corrected chi connectivity index (χ2v) is 6.13. The highest BCUT2D eigenvalue weighted by atomic mass is 35.5. The second kappa shape index (κ2) is 10.7. The van der Waals surface area contributed by atoms with Gasteiger partial charge in [0.1, 0.15) is 0 Å². The van der Waals surface area contributed by atoms with Crippen LogP contribution in [0.15, 0.2) is 18.2 Å². The number of nitro benzene ring substituents is 1. The highest BCUT2D eigenvalue weighted by Gasteiger charge is 2.29. The van der Waals surface area contributed by atoms with Gasteiger partial charge in [-0.05, 0) is 31.4 Å². The number of nitrogens with two attached hydrogens (primary N) is 1. The molecule has 0 spiro atoms. The van der Waals surface area contributed by atoms with Crippen molar-refractivity contribution in [3.8, 4) is 5.75 Å². The van der Waals surface area contributed by atoms with Gasteiger partial charge >= 0.3 is 5.69 Å². The third-order valence-corrected chi connectivity index (χ3v) is 4.42. The number of piperidine rings is 1. The molecule has 150 valence electrons. The van der Waals surface area contributed by atoms with Crippen LogP contribution in [0.5, 0.6) is 5.75 Å². The standard InChI is InChI=1S/C17H24N4O5.ClH/c1-26-15-6-5-12(10-14(15)21(24)25)17(23)20-9-3-2-4-13(20)11-19-16(22)7-8-18;/h5-6,10,13H,2-4,7-9,11,18H2,1H3,(H,19,22);1H. The molecule has 1 aliphatic rings. The van der Waals surface area contributed by atoms with Crippen molar-refractivity contribution in [3.63, 3.8) is 0 Å². The first-order valence-corrected chi connectivity index (χ1v) is 8.58. The molecule has 1 fully saturated rings. The number of likely N-dealkylation sites (tertiary alicyclic amines) is 1. The monoisotopic (exact) mass is 400 g/mol. The minimum Gasteiger partial charge on any atom is -0.490 e. The lowest BCUT2D eigenvalue weighted by molar-refractivity contribution is -0.385. The lowest BCUT2D eigenvalue weighted by Crippen LogP contribution is -2.49. The molecule has 0 saturated carbocycles. The summed E-state index contributed by atoms with van der Waals surface area (Å²) in [5.74, 6) is -0.324. The fraction of sp³-hybridized carbons (Fsp3) is 0.529. The van der Waals surface area contributed by atoms with Crippen molar-refractivity contribution in [2.24, 2.45) is 5.73 Å². The number of benzene rings is 1. The molecular formula is C17H25ClN4O5. The minimum absolute atomic E-state index is 0. The Labute approximate surface area is 163 Å². The highest BCUT2D eigenvalue weighted by Crippen LogP contribution is 2.29. The van der Waals surface area contributed by atoms with Gasteiger partial charge in [-0.3, -0.25) is 19.7 Å². The highest BCUT2D eigenvalue weighted by molar-refractivity contribution is 5.95. The van der Waals surface area contributed by atoms with E-state index < -0.39 is 4.92 Å². The summed E-state index contributed by atoms with van der Waals surface area (Å²) in [5, 5.41) is 14.0. The van der Waals surface area contributed by atoms with Crippen LogP contribution in [-0.2, 0) is 4.79 Å². The zero-order chi connectivity index (χ0) is 19.1. The lowest BCUT2D eigenvalue weighted by Gasteiger charge is -2.36. The smallest absolute Gasteiger partial charge is 0.311 e. The first-order chi connectivity index (χ1) is 12.5. The maximum absolute atomic E-state index is 12.9. The Hall–Kier alpha value is -2.39. The summed E-state index contributed by atoms with van der Waals surface area (Å²) in [6, 6.07) is 4.04. The number of carbonyl (C=O) groups is 2. The predicted molar refractivity (Wildman–Crippen MR) is 102 cm³/mol. The van der Waals surface area contributed by atoms with Crippen molar-refractivity contribution < 1.29 is 19.2 Å². The number of nitrogens with one attached hydrogen (secondary N) is 1. The number of carbonyl (C=O) groups excluding carboxylic acids is 2. The van der Waals surface area contributed by atoms with Crippen LogP contribution in [0.3, 0.4) is 0 Å². The molecule has 1 heterocycles. The number of nitrogens with zero attached hydrogens (tertiary/aromatic N) is 2. The Balaban J connectivity index is 0.00000364. The second-order valence-electron chi connectivity index (χ2n) is 6.13. The molecule has 0 aliphatic carbocycles. The largest absolute Gasteiger partial charge is 0.490 e. The van der Waals surface area contributed by atoms with Gasteiger partial charge in [0.25, 0.3) is 5.91 Å². The summed E-state index contributed by atoms with van der Waals surface area (Å²) in [7, 11) is 1.34. The Morgan fingerprint density at radius 2 is 2.15 bits per heavy atom. The van der Waals surface area contributed by atoms with Gasteiger partial charge in [-0.15, -0.1) is 12.4 Å². The van der Waals surface area contributed by atoms with Crippen LogP contribution in [0, 0.1) is 10.1 Å². The Bertz CT molecular complexity index is 685. The van der Waals surface area contributed by atoms with E-state index in [2.05, 4.69) is 5.32 Å². The van der Waals surface area contributed by atoms with Gasteiger partial charge in [0.2, 0.25) is 5.91 Å². The summed E-state index contributed by atoms with van der Waals surface area (Å²) < 4.78 is 4.97. The van der Waals surface area contributed by atoms with Crippen molar-refractivity contribution in [1.29, 1.82) is 0 Å². The summed E-state index contributed by atoms with van der Waals surface area (Å²) in [4.78, 5) is 36.8. The molecule has 0 bridgehead atoms. The van der Waals surface area contributed by atoms with E-state index in [0.29, 0.717) is 13.1 Å². The van der Waals surface area contributed by atoms with Crippen LogP contribution in [0.25, 0.3) is 0 Å². The predicted octanol–water partition coefficient (Wildman–Crippen LogP) is 1.48. The van der Waals surface area contributed by atoms with E-state index >= 15 is 0 Å².